The van der Waals surface area contributed by atoms with Crippen molar-refractivity contribution in [2.24, 2.45) is 0 Å². The van der Waals surface area contributed by atoms with Crippen LogP contribution in [0.25, 0.3) is 5.65 Å². The van der Waals surface area contributed by atoms with Crippen LogP contribution < -0.4 is 4.90 Å². The molecular formula is C20H26N8O3S2. The molecule has 1 aliphatic heterocycles. The van der Waals surface area contributed by atoms with Crippen molar-refractivity contribution in [3.05, 3.63) is 36.9 Å². The standard InChI is InChI=1S/C20H26N8O3S2/c1-3-27(4-2)33(30,31)16-5-6-17-23-24-20(28(17)14-16)32-15-19(29)26-11-9-25(10-12-26)18-13-21-7-8-22-18/h5-8,13-14H,3-4,9-12,15H2,1-2H3. The van der Waals surface area contributed by atoms with E-state index in [-0.39, 0.29) is 16.6 Å². The van der Waals surface area contributed by atoms with E-state index in [1.54, 1.807) is 42.9 Å². The number of carbonyl (C=O) groups excluding carboxylic acids is 1. The molecule has 0 radical (unpaired) electrons. The van der Waals surface area contributed by atoms with Gasteiger partial charge >= 0.3 is 0 Å². The Morgan fingerprint density at radius 3 is 2.52 bits per heavy atom. The average molecular weight is 491 g/mol. The van der Waals surface area contributed by atoms with Gasteiger partial charge in [-0.05, 0) is 12.1 Å². The lowest BCUT2D eigenvalue weighted by Crippen LogP contribution is -2.49. The summed E-state index contributed by atoms with van der Waals surface area (Å²) in [4.78, 5) is 25.3. The van der Waals surface area contributed by atoms with Crippen molar-refractivity contribution in [1.82, 2.24) is 33.8 Å². The van der Waals surface area contributed by atoms with E-state index in [0.717, 1.165) is 5.82 Å². The Balaban J connectivity index is 1.41. The number of carbonyl (C=O) groups is 1. The van der Waals surface area contributed by atoms with Crippen LogP contribution in [-0.4, -0.2) is 93.1 Å². The predicted molar refractivity (Wildman–Crippen MR) is 125 cm³/mol. The zero-order chi connectivity index (χ0) is 23.4. The van der Waals surface area contributed by atoms with Crippen LogP contribution in [0.4, 0.5) is 5.82 Å². The third-order valence-corrected chi connectivity index (χ3v) is 8.48. The average Bonchev–Trinajstić information content (AvgIpc) is 3.26. The van der Waals surface area contributed by atoms with Crippen LogP contribution in [0, 0.1) is 0 Å². The monoisotopic (exact) mass is 490 g/mol. The largest absolute Gasteiger partial charge is 0.352 e. The first kappa shape index (κ1) is 23.4. The Kier molecular flexibility index (Phi) is 7.10. The first-order chi connectivity index (χ1) is 15.9. The van der Waals surface area contributed by atoms with Crippen molar-refractivity contribution < 1.29 is 13.2 Å². The molecule has 0 N–H and O–H groups in total. The minimum atomic E-state index is -3.61. The lowest BCUT2D eigenvalue weighted by molar-refractivity contribution is -0.128. The topological polar surface area (TPSA) is 117 Å². The lowest BCUT2D eigenvalue weighted by Gasteiger charge is -2.35. The van der Waals surface area contributed by atoms with Crippen LogP contribution >= 0.6 is 11.8 Å². The number of aromatic nitrogens is 5. The number of piperazine rings is 1. The van der Waals surface area contributed by atoms with Crippen LogP contribution in [0.15, 0.2) is 47.0 Å². The number of nitrogens with zero attached hydrogens (tertiary/aromatic N) is 8. The van der Waals surface area contributed by atoms with Gasteiger partial charge < -0.3 is 9.80 Å². The van der Waals surface area contributed by atoms with Gasteiger partial charge in [-0.1, -0.05) is 25.6 Å². The smallest absolute Gasteiger partial charge is 0.244 e. The van der Waals surface area contributed by atoms with Crippen LogP contribution in [-0.2, 0) is 14.8 Å². The fraction of sp³-hybridized carbons (Fsp3) is 0.450. The first-order valence-corrected chi connectivity index (χ1v) is 13.1. The first-order valence-electron chi connectivity index (χ1n) is 10.7. The number of hydrogen-bond acceptors (Lipinski definition) is 9. The van der Waals surface area contributed by atoms with Gasteiger partial charge in [0, 0.05) is 57.9 Å². The Hall–Kier alpha value is -2.77. The number of thioether (sulfide) groups is 1. The summed E-state index contributed by atoms with van der Waals surface area (Å²) in [6.45, 7) is 6.96. The minimum Gasteiger partial charge on any atom is -0.352 e. The predicted octanol–water partition coefficient (Wildman–Crippen LogP) is 0.991. The number of pyridine rings is 1. The number of hydrogen-bond donors (Lipinski definition) is 0. The van der Waals surface area contributed by atoms with E-state index in [2.05, 4.69) is 25.1 Å². The summed E-state index contributed by atoms with van der Waals surface area (Å²) in [6, 6.07) is 3.16. The summed E-state index contributed by atoms with van der Waals surface area (Å²) in [7, 11) is -3.61. The molecule has 1 aliphatic rings. The molecule has 1 fully saturated rings. The Labute approximate surface area is 196 Å². The zero-order valence-corrected chi connectivity index (χ0v) is 20.2. The van der Waals surface area contributed by atoms with Crippen molar-refractivity contribution in [2.75, 3.05) is 49.9 Å². The molecule has 3 aromatic heterocycles. The Morgan fingerprint density at radius 2 is 1.85 bits per heavy atom. The summed E-state index contributed by atoms with van der Waals surface area (Å²) in [5.74, 6) is 1.01. The zero-order valence-electron chi connectivity index (χ0n) is 18.5. The van der Waals surface area contributed by atoms with E-state index >= 15 is 0 Å². The van der Waals surface area contributed by atoms with Gasteiger partial charge in [0.2, 0.25) is 15.9 Å². The molecule has 0 atom stereocenters. The lowest BCUT2D eigenvalue weighted by atomic mass is 10.3. The Bertz CT molecular complexity index is 1210. The van der Waals surface area contributed by atoms with E-state index in [1.807, 2.05) is 4.90 Å². The second-order valence-corrected chi connectivity index (χ2v) is 10.3. The molecule has 0 aliphatic carbocycles. The van der Waals surface area contributed by atoms with E-state index < -0.39 is 10.0 Å². The second kappa shape index (κ2) is 10.0. The fourth-order valence-corrected chi connectivity index (χ4v) is 5.95. The maximum absolute atomic E-state index is 12.9. The molecule has 0 bridgehead atoms. The molecular weight excluding hydrogens is 464 g/mol. The molecule has 1 saturated heterocycles. The highest BCUT2D eigenvalue weighted by atomic mass is 32.2. The highest BCUT2D eigenvalue weighted by Gasteiger charge is 2.24. The normalized spacial score (nSPS) is 14.9. The van der Waals surface area contributed by atoms with Gasteiger partial charge in [0.15, 0.2) is 10.8 Å². The fourth-order valence-electron chi connectivity index (χ4n) is 3.67. The minimum absolute atomic E-state index is 0.00228. The molecule has 4 rings (SSSR count). The molecule has 0 aromatic carbocycles. The number of rotatable bonds is 8. The van der Waals surface area contributed by atoms with Gasteiger partial charge in [-0.2, -0.15) is 4.31 Å². The van der Waals surface area contributed by atoms with E-state index in [4.69, 9.17) is 0 Å². The summed E-state index contributed by atoms with van der Waals surface area (Å²) in [5.41, 5.74) is 0.529. The van der Waals surface area contributed by atoms with Crippen LogP contribution in [0.5, 0.6) is 0 Å². The molecule has 1 amide bonds. The van der Waals surface area contributed by atoms with Gasteiger partial charge in [0.05, 0.1) is 16.8 Å². The summed E-state index contributed by atoms with van der Waals surface area (Å²) < 4.78 is 28.8. The number of anilines is 1. The molecule has 13 heteroatoms. The summed E-state index contributed by atoms with van der Waals surface area (Å²) in [5, 5.41) is 8.73. The molecule has 11 nitrogen and oxygen atoms in total. The second-order valence-electron chi connectivity index (χ2n) is 7.39. The van der Waals surface area contributed by atoms with Gasteiger partial charge in [-0.25, -0.2) is 13.4 Å². The molecule has 4 heterocycles. The number of sulfonamides is 1. The van der Waals surface area contributed by atoms with Gasteiger partial charge in [-0.3, -0.25) is 14.2 Å². The molecule has 0 saturated carbocycles. The highest BCUT2D eigenvalue weighted by molar-refractivity contribution is 7.99. The van der Waals surface area contributed by atoms with E-state index in [0.29, 0.717) is 50.1 Å². The molecule has 33 heavy (non-hydrogen) atoms. The molecule has 0 spiro atoms. The number of amides is 1. The van der Waals surface area contributed by atoms with Gasteiger partial charge in [0.25, 0.3) is 0 Å². The molecule has 0 unspecified atom stereocenters. The van der Waals surface area contributed by atoms with Crippen molar-refractivity contribution in [3.8, 4) is 0 Å². The molecule has 3 aromatic rings. The maximum Gasteiger partial charge on any atom is 0.244 e. The van der Waals surface area contributed by atoms with Crippen molar-refractivity contribution in [1.29, 1.82) is 0 Å². The number of fused-ring (bicyclic) bond motifs is 1. The SMILES string of the molecule is CCN(CC)S(=O)(=O)c1ccc2nnc(SCC(=O)N3CCN(c4cnccn4)CC3)n2c1. The van der Waals surface area contributed by atoms with E-state index in [9.17, 15) is 13.2 Å². The Morgan fingerprint density at radius 1 is 1.09 bits per heavy atom. The van der Waals surface area contributed by atoms with Gasteiger partial charge in [-0.15, -0.1) is 10.2 Å². The quantitative estimate of drug-likeness (QED) is 0.426. The van der Waals surface area contributed by atoms with Crippen LogP contribution in [0.2, 0.25) is 0 Å². The van der Waals surface area contributed by atoms with Crippen LogP contribution in [0.1, 0.15) is 13.8 Å². The van der Waals surface area contributed by atoms with Crippen molar-refractivity contribution in [3.63, 3.8) is 0 Å². The third kappa shape index (κ3) is 4.94. The van der Waals surface area contributed by atoms with Gasteiger partial charge in [0.1, 0.15) is 5.82 Å². The van der Waals surface area contributed by atoms with E-state index in [1.165, 1.54) is 28.3 Å². The highest BCUT2D eigenvalue weighted by Crippen LogP contribution is 2.22. The third-order valence-electron chi connectivity index (χ3n) is 5.52. The molecule has 176 valence electrons. The maximum atomic E-state index is 12.9. The summed E-state index contributed by atoms with van der Waals surface area (Å²) >= 11 is 1.25. The van der Waals surface area contributed by atoms with Crippen molar-refractivity contribution in [2.45, 2.75) is 23.9 Å². The van der Waals surface area contributed by atoms with Crippen LogP contribution in [0.3, 0.4) is 0 Å². The summed E-state index contributed by atoms with van der Waals surface area (Å²) in [6.07, 6.45) is 6.54. The van der Waals surface area contributed by atoms with Crippen molar-refractivity contribution >= 4 is 39.2 Å².